The number of amides is 2. The molecule has 0 unspecified atom stereocenters. The molecule has 2 amide bonds. The highest BCUT2D eigenvalue weighted by Gasteiger charge is 2.46. The van der Waals surface area contributed by atoms with Gasteiger partial charge in [-0.2, -0.15) is 5.10 Å². The highest BCUT2D eigenvalue weighted by Crippen LogP contribution is 2.31. The van der Waals surface area contributed by atoms with Crippen LogP contribution in [0, 0.1) is 0 Å². The summed E-state index contributed by atoms with van der Waals surface area (Å²) < 4.78 is 5.36. The molecule has 7 heteroatoms. The molecule has 1 aliphatic rings. The van der Waals surface area contributed by atoms with Crippen molar-refractivity contribution in [1.29, 1.82) is 0 Å². The van der Waals surface area contributed by atoms with Crippen LogP contribution in [0.5, 0.6) is 0 Å². The Morgan fingerprint density at radius 3 is 2.36 bits per heavy atom. The second-order valence-electron chi connectivity index (χ2n) is 7.27. The van der Waals surface area contributed by atoms with Gasteiger partial charge in [0.2, 0.25) is 0 Å². The molecule has 0 saturated carbocycles. The Hall–Kier alpha value is -2.83. The lowest BCUT2D eigenvalue weighted by atomic mass is 9.94. The van der Waals surface area contributed by atoms with E-state index in [1.54, 1.807) is 27.0 Å². The number of carbonyl (C=O) groups excluding carboxylic acids is 2. The maximum atomic E-state index is 13.0. The van der Waals surface area contributed by atoms with Crippen LogP contribution >= 0.6 is 0 Å². The van der Waals surface area contributed by atoms with Gasteiger partial charge in [-0.25, -0.2) is 4.79 Å². The number of benzene rings is 1. The Morgan fingerprint density at radius 2 is 1.84 bits per heavy atom. The minimum Gasteiger partial charge on any atom is -0.444 e. The van der Waals surface area contributed by atoms with Crippen molar-refractivity contribution in [3.63, 3.8) is 0 Å². The fourth-order valence-corrected chi connectivity index (χ4v) is 2.99. The summed E-state index contributed by atoms with van der Waals surface area (Å²) in [4.78, 5) is 25.3. The van der Waals surface area contributed by atoms with Crippen LogP contribution in [-0.4, -0.2) is 33.3 Å². The van der Waals surface area contributed by atoms with Crippen molar-refractivity contribution in [1.82, 2.24) is 15.5 Å². The summed E-state index contributed by atoms with van der Waals surface area (Å²) in [6.07, 6.45) is 3.31. The predicted octanol–water partition coefficient (Wildman–Crippen LogP) is 2.41. The number of ether oxygens (including phenoxy) is 1. The summed E-state index contributed by atoms with van der Waals surface area (Å²) in [5, 5.41) is 12.1. The molecule has 0 aliphatic heterocycles. The fraction of sp³-hybridized carbons (Fsp3) is 0.389. The van der Waals surface area contributed by atoms with Crippen LogP contribution in [-0.2, 0) is 22.4 Å². The van der Waals surface area contributed by atoms with Gasteiger partial charge < -0.3 is 15.4 Å². The van der Waals surface area contributed by atoms with E-state index in [1.807, 2.05) is 24.3 Å². The van der Waals surface area contributed by atoms with E-state index in [1.165, 1.54) is 6.20 Å². The monoisotopic (exact) mass is 342 g/mol. The highest BCUT2D eigenvalue weighted by atomic mass is 16.6. The Kier molecular flexibility index (Phi) is 4.24. The van der Waals surface area contributed by atoms with E-state index in [0.29, 0.717) is 18.5 Å². The second kappa shape index (κ2) is 6.23. The van der Waals surface area contributed by atoms with E-state index in [-0.39, 0.29) is 5.91 Å². The summed E-state index contributed by atoms with van der Waals surface area (Å²) in [5.41, 5.74) is 0.897. The molecule has 0 radical (unpaired) electrons. The number of aromatic nitrogens is 2. The average molecular weight is 342 g/mol. The van der Waals surface area contributed by atoms with Crippen LogP contribution in [0.15, 0.2) is 36.7 Å². The third kappa shape index (κ3) is 3.81. The molecular weight excluding hydrogens is 320 g/mol. The summed E-state index contributed by atoms with van der Waals surface area (Å²) >= 11 is 0. The molecule has 3 rings (SSSR count). The first-order chi connectivity index (χ1) is 11.8. The van der Waals surface area contributed by atoms with Crippen molar-refractivity contribution < 1.29 is 14.3 Å². The molecular formula is C18H22N4O3. The van der Waals surface area contributed by atoms with Gasteiger partial charge >= 0.3 is 6.09 Å². The van der Waals surface area contributed by atoms with Crippen LogP contribution < -0.4 is 10.6 Å². The van der Waals surface area contributed by atoms with Gasteiger partial charge in [-0.3, -0.25) is 9.89 Å². The van der Waals surface area contributed by atoms with Crippen LogP contribution in [0.25, 0.3) is 0 Å². The highest BCUT2D eigenvalue weighted by molar-refractivity contribution is 6.01. The first kappa shape index (κ1) is 17.0. The van der Waals surface area contributed by atoms with Crippen molar-refractivity contribution in [2.75, 3.05) is 5.32 Å². The van der Waals surface area contributed by atoms with Gasteiger partial charge in [0.15, 0.2) is 0 Å². The van der Waals surface area contributed by atoms with Gasteiger partial charge in [0.1, 0.15) is 11.1 Å². The summed E-state index contributed by atoms with van der Waals surface area (Å²) in [7, 11) is 0. The van der Waals surface area contributed by atoms with Gasteiger partial charge in [0.05, 0.1) is 11.9 Å². The van der Waals surface area contributed by atoms with Crippen LogP contribution in [0.2, 0.25) is 0 Å². The lowest BCUT2D eigenvalue weighted by molar-refractivity contribution is -0.122. The molecule has 0 fully saturated rings. The summed E-state index contributed by atoms with van der Waals surface area (Å²) in [6.45, 7) is 5.36. The smallest absolute Gasteiger partial charge is 0.408 e. The molecule has 1 aliphatic carbocycles. The van der Waals surface area contributed by atoms with E-state index in [2.05, 4.69) is 20.8 Å². The molecule has 7 nitrogen and oxygen atoms in total. The van der Waals surface area contributed by atoms with Crippen LogP contribution in [0.1, 0.15) is 31.9 Å². The average Bonchev–Trinajstić information content (AvgIpc) is 3.12. The van der Waals surface area contributed by atoms with E-state index in [9.17, 15) is 9.59 Å². The topological polar surface area (TPSA) is 96.1 Å². The number of hydrogen-bond acceptors (Lipinski definition) is 4. The van der Waals surface area contributed by atoms with Crippen molar-refractivity contribution in [2.45, 2.75) is 44.8 Å². The molecule has 1 aromatic carbocycles. The van der Waals surface area contributed by atoms with Crippen molar-refractivity contribution in [2.24, 2.45) is 0 Å². The number of fused-ring (bicyclic) bond motifs is 1. The van der Waals surface area contributed by atoms with E-state index < -0.39 is 17.2 Å². The third-order valence-electron chi connectivity index (χ3n) is 4.03. The Labute approximate surface area is 146 Å². The molecule has 0 atom stereocenters. The SMILES string of the molecule is CC(C)(C)OC(=O)NC1(C(=O)Nc2cn[nH]c2)Cc2ccccc2C1. The summed E-state index contributed by atoms with van der Waals surface area (Å²) in [5.74, 6) is -0.295. The van der Waals surface area contributed by atoms with Gasteiger partial charge in [0.25, 0.3) is 5.91 Å². The van der Waals surface area contributed by atoms with Crippen LogP contribution in [0.3, 0.4) is 0 Å². The molecule has 0 spiro atoms. The molecule has 0 bridgehead atoms. The molecule has 132 valence electrons. The van der Waals surface area contributed by atoms with E-state index >= 15 is 0 Å². The molecule has 0 saturated heterocycles. The van der Waals surface area contributed by atoms with E-state index in [0.717, 1.165) is 11.1 Å². The number of hydrogen-bond donors (Lipinski definition) is 3. The number of nitrogens with zero attached hydrogens (tertiary/aromatic N) is 1. The first-order valence-corrected chi connectivity index (χ1v) is 8.16. The number of carbonyl (C=O) groups is 2. The Bertz CT molecular complexity index is 753. The Balaban J connectivity index is 1.85. The van der Waals surface area contributed by atoms with Crippen LogP contribution in [0.4, 0.5) is 10.5 Å². The minimum atomic E-state index is -1.09. The van der Waals surface area contributed by atoms with Crippen molar-refractivity contribution in [3.05, 3.63) is 47.8 Å². The predicted molar refractivity (Wildman–Crippen MR) is 93.2 cm³/mol. The zero-order chi connectivity index (χ0) is 18.1. The van der Waals surface area contributed by atoms with Gasteiger partial charge in [-0.05, 0) is 31.9 Å². The zero-order valence-electron chi connectivity index (χ0n) is 14.6. The second-order valence-corrected chi connectivity index (χ2v) is 7.27. The molecule has 3 N–H and O–H groups in total. The van der Waals surface area contributed by atoms with Gasteiger partial charge in [-0.15, -0.1) is 0 Å². The maximum Gasteiger partial charge on any atom is 0.408 e. The number of alkyl carbamates (subject to hydrolysis) is 1. The van der Waals surface area contributed by atoms with Crippen molar-refractivity contribution >= 4 is 17.7 Å². The molecule has 1 aromatic heterocycles. The molecule has 2 aromatic rings. The third-order valence-corrected chi connectivity index (χ3v) is 4.03. The zero-order valence-corrected chi connectivity index (χ0v) is 14.6. The lowest BCUT2D eigenvalue weighted by Gasteiger charge is -2.30. The minimum absolute atomic E-state index is 0.295. The quantitative estimate of drug-likeness (QED) is 0.798. The normalized spacial score (nSPS) is 15.3. The number of rotatable bonds is 3. The standard InChI is InChI=1S/C18H22N4O3/c1-17(2,3)25-16(24)22-18(15(23)21-14-10-19-20-11-14)8-12-6-4-5-7-13(12)9-18/h4-7,10-11H,8-9H2,1-3H3,(H,19,20)(H,21,23)(H,22,24). The Morgan fingerprint density at radius 1 is 1.20 bits per heavy atom. The van der Waals surface area contributed by atoms with Gasteiger partial charge in [-0.1, -0.05) is 24.3 Å². The molecule has 25 heavy (non-hydrogen) atoms. The fourth-order valence-electron chi connectivity index (χ4n) is 2.99. The van der Waals surface area contributed by atoms with Crippen molar-refractivity contribution in [3.8, 4) is 0 Å². The number of anilines is 1. The first-order valence-electron chi connectivity index (χ1n) is 8.16. The molecule has 1 heterocycles. The summed E-state index contributed by atoms with van der Waals surface area (Å²) in [6, 6.07) is 7.80. The number of H-pyrrole nitrogens is 1. The maximum absolute atomic E-state index is 13.0. The van der Waals surface area contributed by atoms with E-state index in [4.69, 9.17) is 4.74 Å². The largest absolute Gasteiger partial charge is 0.444 e. The number of aromatic amines is 1. The number of nitrogens with one attached hydrogen (secondary N) is 3. The lowest BCUT2D eigenvalue weighted by Crippen LogP contribution is -2.58. The van der Waals surface area contributed by atoms with Gasteiger partial charge in [0, 0.05) is 19.0 Å².